The van der Waals surface area contributed by atoms with Crippen LogP contribution in [0.3, 0.4) is 0 Å². The number of anilines is 1. The third kappa shape index (κ3) is 3.97. The summed E-state index contributed by atoms with van der Waals surface area (Å²) in [4.78, 5) is 24.9. The van der Waals surface area contributed by atoms with Gasteiger partial charge in [-0.25, -0.2) is 4.79 Å². The lowest BCUT2D eigenvalue weighted by molar-refractivity contribution is 0.0698. The molecule has 1 unspecified atom stereocenters. The lowest BCUT2D eigenvalue weighted by Crippen LogP contribution is -2.12. The molecule has 0 fully saturated rings. The predicted molar refractivity (Wildman–Crippen MR) is 137 cm³/mol. The van der Waals surface area contributed by atoms with Gasteiger partial charge in [0.2, 0.25) is 0 Å². The molecule has 2 heterocycles. The summed E-state index contributed by atoms with van der Waals surface area (Å²) in [6, 6.07) is 17.1. The van der Waals surface area contributed by atoms with Crippen LogP contribution in [0.2, 0.25) is 0 Å². The average Bonchev–Trinajstić information content (AvgIpc) is 3.23. The Labute approximate surface area is 206 Å². The van der Waals surface area contributed by atoms with Crippen molar-refractivity contribution in [3.05, 3.63) is 93.3 Å². The van der Waals surface area contributed by atoms with Crippen LogP contribution in [0.4, 0.5) is 5.69 Å². The standard InChI is InChI=1S/C28H22N4O4/c1-15-8-21(16(2)30-23-7-5-4-6-20(23)28(34)35)27-22(9-15)24(33)12-25(36-27)17-10-18(13-29)26-19(11-17)14-32(3)31-26/h4-12,14,16,30H,1-3H3,(H,34,35). The van der Waals surface area contributed by atoms with Gasteiger partial charge in [-0.3, -0.25) is 9.48 Å². The largest absolute Gasteiger partial charge is 0.478 e. The third-order valence-electron chi connectivity index (χ3n) is 6.13. The average molecular weight is 479 g/mol. The van der Waals surface area contributed by atoms with E-state index in [4.69, 9.17) is 4.42 Å². The molecule has 0 aliphatic heterocycles. The molecule has 0 aliphatic carbocycles. The van der Waals surface area contributed by atoms with Crippen molar-refractivity contribution in [3.63, 3.8) is 0 Å². The number of para-hydroxylation sites is 1. The molecular weight excluding hydrogens is 456 g/mol. The van der Waals surface area contributed by atoms with E-state index in [0.29, 0.717) is 44.6 Å². The maximum absolute atomic E-state index is 13.2. The Morgan fingerprint density at radius 1 is 1.19 bits per heavy atom. The summed E-state index contributed by atoms with van der Waals surface area (Å²) in [5.41, 5.74) is 3.96. The van der Waals surface area contributed by atoms with E-state index in [-0.39, 0.29) is 17.0 Å². The molecule has 5 rings (SSSR count). The molecule has 0 radical (unpaired) electrons. The lowest BCUT2D eigenvalue weighted by atomic mass is 9.99. The van der Waals surface area contributed by atoms with Gasteiger partial charge in [-0.2, -0.15) is 10.4 Å². The second-order valence-corrected chi connectivity index (χ2v) is 8.80. The van der Waals surface area contributed by atoms with E-state index in [9.17, 15) is 20.0 Å². The van der Waals surface area contributed by atoms with Crippen LogP contribution in [-0.4, -0.2) is 20.9 Å². The Hall–Kier alpha value is -4.90. The molecule has 5 aromatic rings. The van der Waals surface area contributed by atoms with Crippen molar-refractivity contribution in [2.24, 2.45) is 7.05 Å². The quantitative estimate of drug-likeness (QED) is 0.347. The van der Waals surface area contributed by atoms with Crippen LogP contribution in [0.1, 0.15) is 40.0 Å². The van der Waals surface area contributed by atoms with Gasteiger partial charge in [0.05, 0.1) is 22.6 Å². The zero-order chi connectivity index (χ0) is 25.6. The molecule has 0 saturated heterocycles. The van der Waals surface area contributed by atoms with Crippen molar-refractivity contribution in [3.8, 4) is 17.4 Å². The minimum Gasteiger partial charge on any atom is -0.478 e. The Morgan fingerprint density at radius 2 is 1.97 bits per heavy atom. The first kappa shape index (κ1) is 22.9. The van der Waals surface area contributed by atoms with E-state index in [1.54, 1.807) is 48.3 Å². The molecule has 0 spiro atoms. The zero-order valence-electron chi connectivity index (χ0n) is 19.9. The zero-order valence-corrected chi connectivity index (χ0v) is 19.9. The summed E-state index contributed by atoms with van der Waals surface area (Å²) < 4.78 is 7.95. The van der Waals surface area contributed by atoms with Gasteiger partial charge in [0.1, 0.15) is 22.9 Å². The van der Waals surface area contributed by atoms with E-state index in [1.807, 2.05) is 26.0 Å². The summed E-state index contributed by atoms with van der Waals surface area (Å²) in [6.45, 7) is 3.78. The fraction of sp³-hybridized carbons (Fsp3) is 0.143. The fourth-order valence-electron chi connectivity index (χ4n) is 4.49. The highest BCUT2D eigenvalue weighted by molar-refractivity contribution is 5.94. The first-order chi connectivity index (χ1) is 17.2. The van der Waals surface area contributed by atoms with Gasteiger partial charge in [-0.1, -0.05) is 18.2 Å². The highest BCUT2D eigenvalue weighted by Crippen LogP contribution is 2.33. The number of nitrogens with zero attached hydrogens (tertiary/aromatic N) is 3. The van der Waals surface area contributed by atoms with E-state index in [0.717, 1.165) is 10.9 Å². The van der Waals surface area contributed by atoms with Crippen molar-refractivity contribution < 1.29 is 14.3 Å². The molecule has 3 aromatic carbocycles. The molecule has 0 amide bonds. The van der Waals surface area contributed by atoms with Crippen LogP contribution in [0.5, 0.6) is 0 Å². The molecule has 8 nitrogen and oxygen atoms in total. The number of hydrogen-bond acceptors (Lipinski definition) is 6. The second kappa shape index (κ2) is 8.71. The van der Waals surface area contributed by atoms with Gasteiger partial charge >= 0.3 is 5.97 Å². The molecule has 0 saturated carbocycles. The van der Waals surface area contributed by atoms with Crippen molar-refractivity contribution in [2.75, 3.05) is 5.32 Å². The number of hydrogen-bond donors (Lipinski definition) is 2. The molecule has 2 aromatic heterocycles. The Balaban J connectivity index is 1.67. The number of benzene rings is 3. The highest BCUT2D eigenvalue weighted by atomic mass is 16.4. The number of carboxylic acids is 1. The Kier molecular flexibility index (Phi) is 5.53. The normalized spacial score (nSPS) is 11.9. The fourth-order valence-corrected chi connectivity index (χ4v) is 4.49. The summed E-state index contributed by atoms with van der Waals surface area (Å²) >= 11 is 0. The van der Waals surface area contributed by atoms with E-state index < -0.39 is 5.97 Å². The monoisotopic (exact) mass is 478 g/mol. The molecule has 0 bridgehead atoms. The minimum absolute atomic E-state index is 0.150. The number of fused-ring (bicyclic) bond motifs is 2. The molecule has 1 atom stereocenters. The molecule has 0 aliphatic rings. The van der Waals surface area contributed by atoms with Crippen LogP contribution in [0, 0.1) is 18.3 Å². The van der Waals surface area contributed by atoms with Gasteiger partial charge < -0.3 is 14.8 Å². The third-order valence-corrected chi connectivity index (χ3v) is 6.13. The molecule has 2 N–H and O–H groups in total. The first-order valence-corrected chi connectivity index (χ1v) is 11.3. The molecule has 8 heteroatoms. The topological polar surface area (TPSA) is 121 Å². The van der Waals surface area contributed by atoms with Gasteiger partial charge in [-0.15, -0.1) is 0 Å². The molecular formula is C28H22N4O4. The molecule has 36 heavy (non-hydrogen) atoms. The first-order valence-electron chi connectivity index (χ1n) is 11.3. The van der Waals surface area contributed by atoms with E-state index in [1.165, 1.54) is 12.1 Å². The van der Waals surface area contributed by atoms with Crippen LogP contribution in [0.15, 0.2) is 70.0 Å². The maximum atomic E-state index is 13.2. The van der Waals surface area contributed by atoms with Crippen LogP contribution >= 0.6 is 0 Å². The number of carboxylic acid groups (broad SMARTS) is 1. The van der Waals surface area contributed by atoms with Crippen LogP contribution in [-0.2, 0) is 7.05 Å². The number of nitrogens with one attached hydrogen (secondary N) is 1. The number of aryl methyl sites for hydroxylation is 2. The summed E-state index contributed by atoms with van der Waals surface area (Å²) in [5, 5.41) is 28.0. The van der Waals surface area contributed by atoms with Gasteiger partial charge in [0, 0.05) is 41.5 Å². The second-order valence-electron chi connectivity index (χ2n) is 8.80. The summed E-state index contributed by atoms with van der Waals surface area (Å²) in [5.74, 6) is -0.703. The van der Waals surface area contributed by atoms with Gasteiger partial charge in [0.25, 0.3) is 0 Å². The smallest absolute Gasteiger partial charge is 0.337 e. The minimum atomic E-state index is -1.03. The SMILES string of the molecule is Cc1cc(C(C)Nc2ccccc2C(=O)O)c2oc(-c3cc(C#N)c4nn(C)cc4c3)cc(=O)c2c1. The summed E-state index contributed by atoms with van der Waals surface area (Å²) in [7, 11) is 1.78. The van der Waals surface area contributed by atoms with Crippen molar-refractivity contribution in [1.82, 2.24) is 9.78 Å². The van der Waals surface area contributed by atoms with E-state index >= 15 is 0 Å². The number of rotatable bonds is 5. The number of aromatic carboxylic acids is 1. The maximum Gasteiger partial charge on any atom is 0.337 e. The Morgan fingerprint density at radius 3 is 2.72 bits per heavy atom. The van der Waals surface area contributed by atoms with Crippen molar-refractivity contribution in [2.45, 2.75) is 19.9 Å². The lowest BCUT2D eigenvalue weighted by Gasteiger charge is -2.19. The van der Waals surface area contributed by atoms with Crippen LogP contribution in [0.25, 0.3) is 33.2 Å². The highest BCUT2D eigenvalue weighted by Gasteiger charge is 2.19. The van der Waals surface area contributed by atoms with Gasteiger partial charge in [-0.05, 0) is 49.7 Å². The number of nitriles is 1. The number of carbonyl (C=O) groups is 1. The van der Waals surface area contributed by atoms with Gasteiger partial charge in [0.15, 0.2) is 5.43 Å². The summed E-state index contributed by atoms with van der Waals surface area (Å²) in [6.07, 6.45) is 1.81. The number of aromatic nitrogens is 2. The predicted octanol–water partition coefficient (Wildman–Crippen LogP) is 5.40. The van der Waals surface area contributed by atoms with Crippen LogP contribution < -0.4 is 10.7 Å². The molecule has 178 valence electrons. The van der Waals surface area contributed by atoms with E-state index in [2.05, 4.69) is 16.5 Å². The van der Waals surface area contributed by atoms with Crippen molar-refractivity contribution >= 4 is 33.5 Å². The Bertz CT molecular complexity index is 1780. The van der Waals surface area contributed by atoms with Crippen molar-refractivity contribution in [1.29, 1.82) is 5.26 Å².